The molecule has 0 saturated carbocycles. The van der Waals surface area contributed by atoms with E-state index in [4.69, 9.17) is 18.9 Å². The van der Waals surface area contributed by atoms with Crippen LogP contribution < -0.4 is 4.74 Å². The van der Waals surface area contributed by atoms with E-state index in [1.807, 2.05) is 24.3 Å². The van der Waals surface area contributed by atoms with Crippen molar-refractivity contribution in [2.45, 2.75) is 56.8 Å². The van der Waals surface area contributed by atoms with Crippen molar-refractivity contribution >= 4 is 0 Å². The molecule has 0 radical (unpaired) electrons. The fraction of sp³-hybridized carbons (Fsp3) is 0.667. The zero-order valence-corrected chi connectivity index (χ0v) is 15.0. The van der Waals surface area contributed by atoms with Crippen LogP contribution in [0.15, 0.2) is 24.3 Å². The summed E-state index contributed by atoms with van der Waals surface area (Å²) in [6.45, 7) is 2.20. The highest BCUT2D eigenvalue weighted by Gasteiger charge is 2.44. The molecule has 2 rings (SSSR count). The Morgan fingerprint density at radius 1 is 1.08 bits per heavy atom. The number of ether oxygens (including phenoxy) is 4. The van der Waals surface area contributed by atoms with Crippen molar-refractivity contribution in [3.8, 4) is 5.75 Å². The quantitative estimate of drug-likeness (QED) is 0.441. The number of hydrogen-bond donors (Lipinski definition) is 4. The van der Waals surface area contributed by atoms with Gasteiger partial charge in [-0.3, -0.25) is 0 Å². The fourth-order valence-electron chi connectivity index (χ4n) is 2.64. The summed E-state index contributed by atoms with van der Waals surface area (Å²) in [7, 11) is 1.61. The molecule has 8 nitrogen and oxygen atoms in total. The predicted molar refractivity (Wildman–Crippen MR) is 91.6 cm³/mol. The lowest BCUT2D eigenvalue weighted by Gasteiger charge is -2.40. The van der Waals surface area contributed by atoms with E-state index in [2.05, 4.69) is 0 Å². The first kappa shape index (κ1) is 21.0. The summed E-state index contributed by atoms with van der Waals surface area (Å²) in [6.07, 6.45) is -6.09. The SMILES string of the molecule is COc1ccc(COCC[C@H](C)OC2OC(CO)C(O)C(O)C2O)cc1. The molecule has 0 aliphatic carbocycles. The van der Waals surface area contributed by atoms with Crippen molar-refractivity contribution in [3.05, 3.63) is 29.8 Å². The van der Waals surface area contributed by atoms with Crippen LogP contribution in [0.2, 0.25) is 0 Å². The van der Waals surface area contributed by atoms with Gasteiger partial charge < -0.3 is 39.4 Å². The zero-order valence-electron chi connectivity index (χ0n) is 15.0. The molecule has 26 heavy (non-hydrogen) atoms. The minimum atomic E-state index is -1.44. The smallest absolute Gasteiger partial charge is 0.186 e. The lowest BCUT2D eigenvalue weighted by atomic mass is 9.99. The summed E-state index contributed by atoms with van der Waals surface area (Å²) in [5, 5.41) is 38.6. The maximum Gasteiger partial charge on any atom is 0.186 e. The summed E-state index contributed by atoms with van der Waals surface area (Å²) in [6, 6.07) is 7.58. The van der Waals surface area contributed by atoms with Crippen LogP contribution in [0, 0.1) is 0 Å². The minimum Gasteiger partial charge on any atom is -0.497 e. The average molecular weight is 372 g/mol. The van der Waals surface area contributed by atoms with Crippen LogP contribution in [0.25, 0.3) is 0 Å². The number of benzene rings is 1. The van der Waals surface area contributed by atoms with Gasteiger partial charge in [-0.2, -0.15) is 0 Å². The zero-order chi connectivity index (χ0) is 19.1. The molecule has 0 spiro atoms. The number of hydrogen-bond acceptors (Lipinski definition) is 8. The molecular formula is C18H28O8. The molecule has 4 N–H and O–H groups in total. The van der Waals surface area contributed by atoms with Crippen molar-refractivity contribution in [3.63, 3.8) is 0 Å². The van der Waals surface area contributed by atoms with E-state index in [1.54, 1.807) is 14.0 Å². The maximum atomic E-state index is 9.95. The molecule has 0 amide bonds. The van der Waals surface area contributed by atoms with Crippen molar-refractivity contribution < 1.29 is 39.4 Å². The van der Waals surface area contributed by atoms with Crippen molar-refractivity contribution in [1.82, 2.24) is 0 Å². The molecule has 1 aromatic carbocycles. The van der Waals surface area contributed by atoms with Gasteiger partial charge in [0.1, 0.15) is 30.2 Å². The molecule has 6 atom stereocenters. The Bertz CT molecular complexity index is 520. The summed E-state index contributed by atoms with van der Waals surface area (Å²) < 4.78 is 21.6. The van der Waals surface area contributed by atoms with Gasteiger partial charge in [-0.1, -0.05) is 12.1 Å². The highest BCUT2D eigenvalue weighted by Crippen LogP contribution is 2.23. The second-order valence-corrected chi connectivity index (χ2v) is 6.33. The van der Waals surface area contributed by atoms with Crippen LogP contribution >= 0.6 is 0 Å². The molecule has 1 heterocycles. The van der Waals surface area contributed by atoms with E-state index in [-0.39, 0.29) is 6.10 Å². The Balaban J connectivity index is 1.71. The van der Waals surface area contributed by atoms with E-state index in [0.717, 1.165) is 11.3 Å². The van der Waals surface area contributed by atoms with Gasteiger partial charge >= 0.3 is 0 Å². The van der Waals surface area contributed by atoms with Gasteiger partial charge in [-0.05, 0) is 31.0 Å². The lowest BCUT2D eigenvalue weighted by Crippen LogP contribution is -2.59. The normalized spacial score (nSPS) is 30.2. The highest BCUT2D eigenvalue weighted by molar-refractivity contribution is 5.26. The van der Waals surface area contributed by atoms with Crippen LogP contribution in [0.4, 0.5) is 0 Å². The fourth-order valence-corrected chi connectivity index (χ4v) is 2.64. The molecule has 1 saturated heterocycles. The van der Waals surface area contributed by atoms with Crippen molar-refractivity contribution in [2.24, 2.45) is 0 Å². The minimum absolute atomic E-state index is 0.313. The van der Waals surface area contributed by atoms with E-state index < -0.39 is 37.3 Å². The first-order chi connectivity index (χ1) is 12.5. The van der Waals surface area contributed by atoms with Crippen LogP contribution in [0.1, 0.15) is 18.9 Å². The molecule has 1 fully saturated rings. The molecule has 1 aliphatic rings. The molecule has 148 valence electrons. The number of aliphatic hydroxyl groups is 4. The Hall–Kier alpha value is -1.26. The van der Waals surface area contributed by atoms with Gasteiger partial charge in [-0.25, -0.2) is 0 Å². The molecule has 8 heteroatoms. The van der Waals surface area contributed by atoms with E-state index in [0.29, 0.717) is 19.6 Å². The maximum absolute atomic E-state index is 9.95. The Kier molecular flexibility index (Phi) is 8.23. The second kappa shape index (κ2) is 10.2. The highest BCUT2D eigenvalue weighted by atomic mass is 16.7. The molecular weight excluding hydrogens is 344 g/mol. The molecule has 1 aromatic rings. The van der Waals surface area contributed by atoms with Gasteiger partial charge in [-0.15, -0.1) is 0 Å². The van der Waals surface area contributed by atoms with Crippen LogP contribution in [0.3, 0.4) is 0 Å². The third-order valence-corrected chi connectivity index (χ3v) is 4.31. The molecule has 0 aromatic heterocycles. The average Bonchev–Trinajstić information content (AvgIpc) is 2.66. The first-order valence-electron chi connectivity index (χ1n) is 8.63. The van der Waals surface area contributed by atoms with Crippen molar-refractivity contribution in [1.29, 1.82) is 0 Å². The summed E-state index contributed by atoms with van der Waals surface area (Å²) >= 11 is 0. The summed E-state index contributed by atoms with van der Waals surface area (Å²) in [5.41, 5.74) is 1.02. The monoisotopic (exact) mass is 372 g/mol. The molecule has 1 aliphatic heterocycles. The van der Waals surface area contributed by atoms with E-state index in [1.165, 1.54) is 0 Å². The van der Waals surface area contributed by atoms with Gasteiger partial charge in [0.25, 0.3) is 0 Å². The third-order valence-electron chi connectivity index (χ3n) is 4.31. The van der Waals surface area contributed by atoms with Gasteiger partial charge in [0, 0.05) is 6.61 Å². The number of aliphatic hydroxyl groups excluding tert-OH is 4. The Morgan fingerprint density at radius 2 is 1.77 bits per heavy atom. The van der Waals surface area contributed by atoms with Crippen LogP contribution in [0.5, 0.6) is 5.75 Å². The third kappa shape index (κ3) is 5.62. The number of methoxy groups -OCH3 is 1. The largest absolute Gasteiger partial charge is 0.497 e. The standard InChI is InChI=1S/C18H28O8/c1-11(7-8-24-10-12-3-5-13(23-2)6-4-12)25-18-17(22)16(21)15(20)14(9-19)26-18/h3-6,11,14-22H,7-10H2,1-2H3/t11-,14?,15?,16?,17?,18?/m0/s1. The summed E-state index contributed by atoms with van der Waals surface area (Å²) in [5.74, 6) is 0.787. The number of rotatable bonds is 9. The summed E-state index contributed by atoms with van der Waals surface area (Å²) in [4.78, 5) is 0. The molecule has 5 unspecified atom stereocenters. The Morgan fingerprint density at radius 3 is 2.38 bits per heavy atom. The van der Waals surface area contributed by atoms with E-state index in [9.17, 15) is 20.4 Å². The van der Waals surface area contributed by atoms with Crippen LogP contribution in [-0.4, -0.2) is 77.6 Å². The topological polar surface area (TPSA) is 118 Å². The van der Waals surface area contributed by atoms with E-state index >= 15 is 0 Å². The Labute approximate surface area is 152 Å². The molecule has 0 bridgehead atoms. The second-order valence-electron chi connectivity index (χ2n) is 6.33. The van der Waals surface area contributed by atoms with Crippen molar-refractivity contribution in [2.75, 3.05) is 20.3 Å². The van der Waals surface area contributed by atoms with Gasteiger partial charge in [0.05, 0.1) is 26.4 Å². The first-order valence-corrected chi connectivity index (χ1v) is 8.63. The van der Waals surface area contributed by atoms with Gasteiger partial charge in [0.15, 0.2) is 6.29 Å². The predicted octanol–water partition coefficient (Wildman–Crippen LogP) is -0.193. The lowest BCUT2D eigenvalue weighted by molar-refractivity contribution is -0.310. The van der Waals surface area contributed by atoms with Gasteiger partial charge in [0.2, 0.25) is 0 Å². The van der Waals surface area contributed by atoms with Crippen LogP contribution in [-0.2, 0) is 20.8 Å².